The lowest BCUT2D eigenvalue weighted by Crippen LogP contribution is -2.32. The van der Waals surface area contributed by atoms with Gasteiger partial charge < -0.3 is 10.1 Å². The minimum atomic E-state index is -4.20. The monoisotopic (exact) mass is 377 g/mol. The number of halogens is 3. The van der Waals surface area contributed by atoms with Gasteiger partial charge in [-0.05, 0) is 19.3 Å². The van der Waals surface area contributed by atoms with Crippen LogP contribution in [0, 0.1) is 4.91 Å². The summed E-state index contributed by atoms with van der Waals surface area (Å²) in [6.45, 7) is 0.699. The Bertz CT molecular complexity index is 658. The molecule has 1 aromatic heterocycles. The van der Waals surface area contributed by atoms with Gasteiger partial charge in [-0.2, -0.15) is 18.3 Å². The van der Waals surface area contributed by atoms with E-state index in [4.69, 9.17) is 9.57 Å². The molecule has 3 rings (SSSR count). The van der Waals surface area contributed by atoms with Gasteiger partial charge in [-0.1, -0.05) is 0 Å². The minimum Gasteiger partial charge on any atom is -0.374 e. The zero-order valence-electron chi connectivity index (χ0n) is 13.9. The van der Waals surface area contributed by atoms with Crippen LogP contribution in [-0.4, -0.2) is 51.6 Å². The molecule has 3 heterocycles. The SMILES string of the molecule is O=C(Nc1cnn(CCCC(F)(F)F)c1)C1CC(C2CCCO2)O[N+]1=O. The van der Waals surface area contributed by atoms with Crippen LogP contribution in [0.2, 0.25) is 0 Å². The van der Waals surface area contributed by atoms with E-state index >= 15 is 0 Å². The van der Waals surface area contributed by atoms with E-state index in [1.54, 1.807) is 0 Å². The fourth-order valence-electron chi connectivity index (χ4n) is 3.09. The zero-order valence-corrected chi connectivity index (χ0v) is 13.9. The van der Waals surface area contributed by atoms with Crippen molar-refractivity contribution in [3.8, 4) is 0 Å². The third-order valence-electron chi connectivity index (χ3n) is 4.38. The predicted molar refractivity (Wildman–Crippen MR) is 82.0 cm³/mol. The number of nitrogens with zero attached hydrogens (tertiary/aromatic N) is 3. The molecular weight excluding hydrogens is 357 g/mol. The number of rotatable bonds is 6. The molecule has 0 bridgehead atoms. The highest BCUT2D eigenvalue weighted by Gasteiger charge is 2.51. The van der Waals surface area contributed by atoms with E-state index in [0.29, 0.717) is 12.3 Å². The Hall–Kier alpha value is -2.17. The highest BCUT2D eigenvalue weighted by atomic mass is 19.4. The number of anilines is 1. The lowest BCUT2D eigenvalue weighted by atomic mass is 10.0. The maximum Gasteiger partial charge on any atom is 0.389 e. The second-order valence-electron chi connectivity index (χ2n) is 6.43. The van der Waals surface area contributed by atoms with Gasteiger partial charge in [-0.15, -0.1) is 0 Å². The number of hydrogen-bond donors (Lipinski definition) is 1. The number of aromatic nitrogens is 2. The van der Waals surface area contributed by atoms with Gasteiger partial charge in [0.2, 0.25) is 11.0 Å². The van der Waals surface area contributed by atoms with Gasteiger partial charge in [-0.25, -0.2) is 4.84 Å². The van der Waals surface area contributed by atoms with Gasteiger partial charge in [0.15, 0.2) is 0 Å². The molecule has 3 unspecified atom stereocenters. The Labute approximate surface area is 147 Å². The van der Waals surface area contributed by atoms with Crippen LogP contribution < -0.4 is 5.32 Å². The Morgan fingerprint density at radius 3 is 2.92 bits per heavy atom. The van der Waals surface area contributed by atoms with E-state index in [9.17, 15) is 22.9 Å². The van der Waals surface area contributed by atoms with Crippen molar-refractivity contribution in [3.63, 3.8) is 0 Å². The molecule has 1 N–H and O–H groups in total. The van der Waals surface area contributed by atoms with Crippen LogP contribution in [-0.2, 0) is 20.9 Å². The van der Waals surface area contributed by atoms with Gasteiger partial charge in [0.05, 0.1) is 23.2 Å². The molecule has 0 aliphatic carbocycles. The second kappa shape index (κ2) is 7.60. The summed E-state index contributed by atoms with van der Waals surface area (Å²) in [5.74, 6) is -0.546. The lowest BCUT2D eigenvalue weighted by molar-refractivity contribution is -0.801. The predicted octanol–water partition coefficient (Wildman–Crippen LogP) is 2.19. The molecule has 3 atom stereocenters. The van der Waals surface area contributed by atoms with Crippen LogP contribution in [0.25, 0.3) is 0 Å². The van der Waals surface area contributed by atoms with E-state index in [1.807, 2.05) is 0 Å². The largest absolute Gasteiger partial charge is 0.389 e. The van der Waals surface area contributed by atoms with Crippen LogP contribution in [0.3, 0.4) is 0 Å². The molecule has 26 heavy (non-hydrogen) atoms. The summed E-state index contributed by atoms with van der Waals surface area (Å²) in [5.41, 5.74) is 0.316. The first-order valence-corrected chi connectivity index (χ1v) is 8.46. The molecule has 1 amide bonds. The van der Waals surface area contributed by atoms with E-state index in [0.717, 1.165) is 12.8 Å². The molecule has 2 aliphatic rings. The smallest absolute Gasteiger partial charge is 0.374 e. The number of aryl methyl sites for hydroxylation is 1. The Balaban J connectivity index is 1.49. The average molecular weight is 377 g/mol. The molecule has 2 saturated heterocycles. The van der Waals surface area contributed by atoms with Crippen LogP contribution >= 0.6 is 0 Å². The first-order chi connectivity index (χ1) is 12.3. The first-order valence-electron chi connectivity index (χ1n) is 8.46. The second-order valence-corrected chi connectivity index (χ2v) is 6.43. The molecule has 2 fully saturated rings. The summed E-state index contributed by atoms with van der Waals surface area (Å²) < 4.78 is 43.2. The van der Waals surface area contributed by atoms with Gasteiger partial charge in [0.25, 0.3) is 0 Å². The van der Waals surface area contributed by atoms with Gasteiger partial charge in [0.1, 0.15) is 6.10 Å². The summed E-state index contributed by atoms with van der Waals surface area (Å²) in [4.78, 5) is 29.6. The number of ether oxygens (including phenoxy) is 1. The summed E-state index contributed by atoms with van der Waals surface area (Å²) in [5, 5.41) is 6.45. The van der Waals surface area contributed by atoms with Crippen molar-refractivity contribution in [2.45, 2.75) is 63.1 Å². The molecular formula is C15H20F3N4O4+. The van der Waals surface area contributed by atoms with Crippen molar-refractivity contribution < 1.29 is 32.5 Å². The molecule has 0 aromatic carbocycles. The third kappa shape index (κ3) is 4.71. The van der Waals surface area contributed by atoms with Gasteiger partial charge in [-0.3, -0.25) is 9.48 Å². The number of alkyl halides is 3. The molecule has 2 aliphatic heterocycles. The molecule has 0 spiro atoms. The number of carbonyl (C=O) groups is 1. The van der Waals surface area contributed by atoms with Crippen molar-refractivity contribution in [1.82, 2.24) is 9.78 Å². The fraction of sp³-hybridized carbons (Fsp3) is 0.733. The van der Waals surface area contributed by atoms with E-state index < -0.39 is 30.7 Å². The summed E-state index contributed by atoms with van der Waals surface area (Å²) in [6, 6.07) is -1.00. The fourth-order valence-corrected chi connectivity index (χ4v) is 3.09. The van der Waals surface area contributed by atoms with Crippen LogP contribution in [0.1, 0.15) is 32.1 Å². The Morgan fingerprint density at radius 2 is 2.23 bits per heavy atom. The van der Waals surface area contributed by atoms with Crippen LogP contribution in [0.4, 0.5) is 18.9 Å². The summed E-state index contributed by atoms with van der Waals surface area (Å²) >= 11 is 0. The lowest BCUT2D eigenvalue weighted by Gasteiger charge is -2.10. The molecule has 8 nitrogen and oxygen atoms in total. The number of hydrogen-bond acceptors (Lipinski definition) is 5. The first kappa shape index (κ1) is 18.6. The highest BCUT2D eigenvalue weighted by Crippen LogP contribution is 2.27. The minimum absolute atomic E-state index is 0.0801. The number of amides is 1. The Kier molecular flexibility index (Phi) is 5.44. The quantitative estimate of drug-likeness (QED) is 0.822. The molecule has 11 heteroatoms. The van der Waals surface area contributed by atoms with Crippen molar-refractivity contribution in [1.29, 1.82) is 0 Å². The van der Waals surface area contributed by atoms with E-state index in [-0.39, 0.29) is 30.4 Å². The number of carbonyl (C=O) groups excluding carboxylic acids is 1. The molecule has 1 aromatic rings. The van der Waals surface area contributed by atoms with Crippen molar-refractivity contribution in [3.05, 3.63) is 17.3 Å². The van der Waals surface area contributed by atoms with Crippen LogP contribution in [0.15, 0.2) is 12.4 Å². The maximum absolute atomic E-state index is 12.3. The zero-order chi connectivity index (χ0) is 18.7. The van der Waals surface area contributed by atoms with Gasteiger partial charge in [0, 0.05) is 25.8 Å². The topological polar surface area (TPSA) is 85.5 Å². The average Bonchev–Trinajstić information content (AvgIpc) is 3.26. The van der Waals surface area contributed by atoms with Gasteiger partial charge >= 0.3 is 18.1 Å². The van der Waals surface area contributed by atoms with E-state index in [1.165, 1.54) is 17.1 Å². The van der Waals surface area contributed by atoms with Crippen molar-refractivity contribution in [2.24, 2.45) is 0 Å². The Morgan fingerprint density at radius 1 is 1.42 bits per heavy atom. The number of nitrogens with one attached hydrogen (secondary N) is 1. The third-order valence-corrected chi connectivity index (χ3v) is 4.38. The maximum atomic E-state index is 12.3. The standard InChI is InChI=1S/C15H19F3N4O4/c16-15(17,18)4-2-5-21-9-10(8-19-21)20-14(23)11-7-13(26-22(11)24)12-3-1-6-25-12/h8-9,11-13H,1-7H2/p+1. The van der Waals surface area contributed by atoms with Crippen LogP contribution in [0.5, 0.6) is 0 Å². The van der Waals surface area contributed by atoms with Crippen molar-refractivity contribution >= 4 is 11.6 Å². The summed E-state index contributed by atoms with van der Waals surface area (Å²) in [7, 11) is 0. The molecule has 0 radical (unpaired) electrons. The molecule has 0 saturated carbocycles. The van der Waals surface area contributed by atoms with E-state index in [2.05, 4.69) is 10.4 Å². The molecule has 144 valence electrons. The summed E-state index contributed by atoms with van der Waals surface area (Å²) in [6.07, 6.45) is -1.17. The normalized spacial score (nSPS) is 26.1. The van der Waals surface area contributed by atoms with Crippen molar-refractivity contribution in [2.75, 3.05) is 11.9 Å². The highest BCUT2D eigenvalue weighted by molar-refractivity contribution is 5.93.